The van der Waals surface area contributed by atoms with Gasteiger partial charge in [0.25, 0.3) is 0 Å². The maximum atomic E-state index is 12.1. The lowest BCUT2D eigenvalue weighted by molar-refractivity contribution is -0.121. The van der Waals surface area contributed by atoms with E-state index in [9.17, 15) is 4.79 Å². The molecule has 0 aliphatic rings. The molecule has 0 radical (unpaired) electrons. The molecule has 1 atom stereocenters. The van der Waals surface area contributed by atoms with Crippen molar-refractivity contribution in [1.82, 2.24) is 10.5 Å². The van der Waals surface area contributed by atoms with Gasteiger partial charge in [0.05, 0.1) is 6.42 Å². The Morgan fingerprint density at radius 3 is 2.76 bits per heavy atom. The maximum Gasteiger partial charge on any atom is 0.226 e. The van der Waals surface area contributed by atoms with Crippen molar-refractivity contribution in [2.75, 3.05) is 0 Å². The highest BCUT2D eigenvalue weighted by molar-refractivity contribution is 5.86. The summed E-state index contributed by atoms with van der Waals surface area (Å²) in [7, 11) is 0. The van der Waals surface area contributed by atoms with Gasteiger partial charge in [-0.05, 0) is 31.4 Å². The summed E-state index contributed by atoms with van der Waals surface area (Å²) in [5, 5.41) is 7.94. The number of hydrogen-bond donors (Lipinski definition) is 1. The van der Waals surface area contributed by atoms with E-state index in [1.54, 1.807) is 0 Å². The molecule has 21 heavy (non-hydrogen) atoms. The zero-order valence-electron chi connectivity index (χ0n) is 13.1. The smallest absolute Gasteiger partial charge is 0.226 e. The molecule has 0 saturated carbocycles. The monoisotopic (exact) mass is 288 g/mol. The van der Waals surface area contributed by atoms with E-state index in [0.29, 0.717) is 5.69 Å². The van der Waals surface area contributed by atoms with Gasteiger partial charge in [-0.15, -0.1) is 0 Å². The molecule has 0 spiro atoms. The second-order valence-corrected chi connectivity index (χ2v) is 6.10. The number of benzene rings is 1. The SMILES string of the molecule is CC(C)CCCC(C)NC(=O)Cc1noc2ccccc12. The molecular formula is C17H24N2O2. The van der Waals surface area contributed by atoms with Gasteiger partial charge in [-0.3, -0.25) is 4.79 Å². The molecule has 1 aromatic carbocycles. The minimum atomic E-state index is 0.00565. The fourth-order valence-electron chi connectivity index (χ4n) is 2.45. The van der Waals surface area contributed by atoms with Gasteiger partial charge in [-0.1, -0.05) is 44.0 Å². The average molecular weight is 288 g/mol. The molecule has 0 aliphatic carbocycles. The van der Waals surface area contributed by atoms with Crippen molar-refractivity contribution < 1.29 is 9.32 Å². The molecule has 1 aromatic heterocycles. The topological polar surface area (TPSA) is 55.1 Å². The van der Waals surface area contributed by atoms with Gasteiger partial charge in [-0.2, -0.15) is 0 Å². The predicted octanol–water partition coefficient (Wildman–Crippen LogP) is 3.70. The fourth-order valence-corrected chi connectivity index (χ4v) is 2.45. The number of carbonyl (C=O) groups excluding carboxylic acids is 1. The molecule has 4 heteroatoms. The summed E-state index contributed by atoms with van der Waals surface area (Å²) < 4.78 is 5.22. The van der Waals surface area contributed by atoms with Crippen LogP contribution in [0.1, 0.15) is 45.7 Å². The number of nitrogens with zero attached hydrogens (tertiary/aromatic N) is 1. The lowest BCUT2D eigenvalue weighted by Crippen LogP contribution is -2.33. The van der Waals surface area contributed by atoms with Gasteiger partial charge in [-0.25, -0.2) is 0 Å². The van der Waals surface area contributed by atoms with Gasteiger partial charge in [0.1, 0.15) is 5.69 Å². The number of amides is 1. The largest absolute Gasteiger partial charge is 0.356 e. The van der Waals surface area contributed by atoms with Gasteiger partial charge in [0.2, 0.25) is 5.91 Å². The van der Waals surface area contributed by atoms with Crippen LogP contribution in [0.25, 0.3) is 11.0 Å². The summed E-state index contributed by atoms with van der Waals surface area (Å²) in [5.41, 5.74) is 1.43. The second-order valence-electron chi connectivity index (χ2n) is 6.10. The van der Waals surface area contributed by atoms with Crippen LogP contribution in [0.3, 0.4) is 0 Å². The average Bonchev–Trinajstić information content (AvgIpc) is 2.81. The van der Waals surface area contributed by atoms with Crippen LogP contribution in [0, 0.1) is 5.92 Å². The van der Waals surface area contributed by atoms with Crippen molar-refractivity contribution in [2.24, 2.45) is 5.92 Å². The number of para-hydroxylation sites is 1. The molecule has 0 bridgehead atoms. The van der Waals surface area contributed by atoms with Crippen LogP contribution >= 0.6 is 0 Å². The Kier molecular flexibility index (Phi) is 5.37. The first-order valence-electron chi connectivity index (χ1n) is 7.69. The third-order valence-electron chi connectivity index (χ3n) is 3.61. The molecular weight excluding hydrogens is 264 g/mol. The van der Waals surface area contributed by atoms with Crippen LogP contribution in [0.5, 0.6) is 0 Å². The highest BCUT2D eigenvalue weighted by Gasteiger charge is 2.13. The van der Waals surface area contributed by atoms with E-state index in [1.807, 2.05) is 24.3 Å². The van der Waals surface area contributed by atoms with Crippen molar-refractivity contribution in [3.05, 3.63) is 30.0 Å². The zero-order chi connectivity index (χ0) is 15.2. The molecule has 1 heterocycles. The van der Waals surface area contributed by atoms with E-state index < -0.39 is 0 Å². The molecule has 114 valence electrons. The van der Waals surface area contributed by atoms with Crippen LogP contribution in [-0.4, -0.2) is 17.1 Å². The van der Waals surface area contributed by atoms with Crippen LogP contribution in [0.4, 0.5) is 0 Å². The molecule has 1 unspecified atom stereocenters. The van der Waals surface area contributed by atoms with Crippen LogP contribution in [0.15, 0.2) is 28.8 Å². The van der Waals surface area contributed by atoms with Crippen molar-refractivity contribution >= 4 is 16.9 Å². The normalized spacial score (nSPS) is 12.8. The third kappa shape index (κ3) is 4.59. The molecule has 4 nitrogen and oxygen atoms in total. The van der Waals surface area contributed by atoms with Gasteiger partial charge in [0, 0.05) is 11.4 Å². The predicted molar refractivity (Wildman–Crippen MR) is 84.0 cm³/mol. The van der Waals surface area contributed by atoms with Crippen molar-refractivity contribution in [1.29, 1.82) is 0 Å². The lowest BCUT2D eigenvalue weighted by Gasteiger charge is -2.14. The first-order valence-corrected chi connectivity index (χ1v) is 7.69. The molecule has 0 saturated heterocycles. The van der Waals surface area contributed by atoms with E-state index in [2.05, 4.69) is 31.2 Å². The Labute approximate surface area is 125 Å². The minimum absolute atomic E-state index is 0.00565. The van der Waals surface area contributed by atoms with Crippen LogP contribution in [-0.2, 0) is 11.2 Å². The molecule has 0 aliphatic heterocycles. The standard InChI is InChI=1S/C17H24N2O2/c1-12(2)7-6-8-13(3)18-17(20)11-15-14-9-4-5-10-16(14)21-19-15/h4-5,9-10,12-13H,6-8,11H2,1-3H3,(H,18,20). The molecule has 2 rings (SSSR count). The molecule has 1 amide bonds. The Hall–Kier alpha value is -1.84. The number of nitrogens with one attached hydrogen (secondary N) is 1. The first-order chi connectivity index (χ1) is 10.1. The van der Waals surface area contributed by atoms with E-state index in [1.165, 1.54) is 6.42 Å². The van der Waals surface area contributed by atoms with Gasteiger partial charge >= 0.3 is 0 Å². The Morgan fingerprint density at radius 2 is 2.00 bits per heavy atom. The molecule has 0 fully saturated rings. The number of aromatic nitrogens is 1. The van der Waals surface area contributed by atoms with Crippen LogP contribution < -0.4 is 5.32 Å². The Morgan fingerprint density at radius 1 is 1.24 bits per heavy atom. The highest BCUT2D eigenvalue weighted by atomic mass is 16.5. The summed E-state index contributed by atoms with van der Waals surface area (Å²) in [6.45, 7) is 6.50. The lowest BCUT2D eigenvalue weighted by atomic mass is 10.0. The first kappa shape index (κ1) is 15.5. The van der Waals surface area contributed by atoms with Crippen molar-refractivity contribution in [3.8, 4) is 0 Å². The summed E-state index contributed by atoms with van der Waals surface area (Å²) >= 11 is 0. The number of carbonyl (C=O) groups is 1. The fraction of sp³-hybridized carbons (Fsp3) is 0.529. The summed E-state index contributed by atoms with van der Waals surface area (Å²) in [4.78, 5) is 12.1. The number of fused-ring (bicyclic) bond motifs is 1. The van der Waals surface area contributed by atoms with E-state index >= 15 is 0 Å². The van der Waals surface area contributed by atoms with Gasteiger partial charge in [0.15, 0.2) is 5.58 Å². The second kappa shape index (κ2) is 7.25. The molecule has 2 aromatic rings. The highest BCUT2D eigenvalue weighted by Crippen LogP contribution is 2.18. The van der Waals surface area contributed by atoms with E-state index in [-0.39, 0.29) is 18.4 Å². The maximum absolute atomic E-state index is 12.1. The van der Waals surface area contributed by atoms with Crippen molar-refractivity contribution in [3.63, 3.8) is 0 Å². The van der Waals surface area contributed by atoms with E-state index in [4.69, 9.17) is 4.52 Å². The summed E-state index contributed by atoms with van der Waals surface area (Å²) in [6, 6.07) is 7.82. The number of hydrogen-bond acceptors (Lipinski definition) is 3. The minimum Gasteiger partial charge on any atom is -0.356 e. The number of rotatable bonds is 7. The Balaban J connectivity index is 1.84. The third-order valence-corrected chi connectivity index (χ3v) is 3.61. The molecule has 1 N–H and O–H groups in total. The quantitative estimate of drug-likeness (QED) is 0.845. The summed E-state index contributed by atoms with van der Waals surface area (Å²) in [6.07, 6.45) is 3.63. The summed E-state index contributed by atoms with van der Waals surface area (Å²) in [5.74, 6) is 0.723. The van der Waals surface area contributed by atoms with Gasteiger partial charge < -0.3 is 9.84 Å². The van der Waals surface area contributed by atoms with E-state index in [0.717, 1.165) is 29.7 Å². The van der Waals surface area contributed by atoms with Crippen LogP contribution in [0.2, 0.25) is 0 Å². The zero-order valence-corrected chi connectivity index (χ0v) is 13.1. The van der Waals surface area contributed by atoms with Crippen molar-refractivity contribution in [2.45, 2.75) is 52.5 Å². The Bertz CT molecular complexity index is 589.